The standard InChI is InChI=1S/C12H12N2O2S/c1-2-10(12(15)16)17-11-9-6-4-3-5-8(9)7-13-14-11/h3-7,10H,2H2,1H3,(H,15,16). The lowest BCUT2D eigenvalue weighted by atomic mass is 10.2. The third-order valence-electron chi connectivity index (χ3n) is 2.44. The Morgan fingerprint density at radius 3 is 2.94 bits per heavy atom. The van der Waals surface area contributed by atoms with E-state index in [0.717, 1.165) is 10.8 Å². The number of thioether (sulfide) groups is 1. The molecule has 5 heteroatoms. The molecule has 4 nitrogen and oxygen atoms in total. The van der Waals surface area contributed by atoms with Gasteiger partial charge >= 0.3 is 5.97 Å². The van der Waals surface area contributed by atoms with E-state index in [0.29, 0.717) is 11.4 Å². The van der Waals surface area contributed by atoms with E-state index < -0.39 is 11.2 Å². The summed E-state index contributed by atoms with van der Waals surface area (Å²) < 4.78 is 0. The summed E-state index contributed by atoms with van der Waals surface area (Å²) in [5.41, 5.74) is 0. The molecule has 1 heterocycles. The van der Waals surface area contributed by atoms with Gasteiger partial charge in [-0.25, -0.2) is 0 Å². The quantitative estimate of drug-likeness (QED) is 0.842. The molecule has 1 aromatic carbocycles. The normalized spacial score (nSPS) is 12.5. The number of fused-ring (bicyclic) bond motifs is 1. The summed E-state index contributed by atoms with van der Waals surface area (Å²) in [5.74, 6) is -0.813. The lowest BCUT2D eigenvalue weighted by Crippen LogP contribution is -2.15. The smallest absolute Gasteiger partial charge is 0.317 e. The summed E-state index contributed by atoms with van der Waals surface area (Å²) >= 11 is 1.25. The number of carboxylic acid groups (broad SMARTS) is 1. The zero-order chi connectivity index (χ0) is 12.3. The maximum atomic E-state index is 11.0. The molecule has 0 fully saturated rings. The topological polar surface area (TPSA) is 63.1 Å². The minimum atomic E-state index is -0.813. The van der Waals surface area contributed by atoms with Crippen LogP contribution in [0.15, 0.2) is 35.5 Å². The van der Waals surface area contributed by atoms with Crippen LogP contribution in [-0.2, 0) is 4.79 Å². The molecule has 0 radical (unpaired) electrons. The fourth-order valence-electron chi connectivity index (χ4n) is 1.53. The summed E-state index contributed by atoms with van der Waals surface area (Å²) in [4.78, 5) is 11.0. The maximum Gasteiger partial charge on any atom is 0.317 e. The summed E-state index contributed by atoms with van der Waals surface area (Å²) in [6.07, 6.45) is 2.24. The van der Waals surface area contributed by atoms with Crippen molar-refractivity contribution in [3.8, 4) is 0 Å². The van der Waals surface area contributed by atoms with Gasteiger partial charge in [0.15, 0.2) is 0 Å². The van der Waals surface area contributed by atoms with Crippen LogP contribution in [0.4, 0.5) is 0 Å². The number of benzene rings is 1. The molecule has 88 valence electrons. The molecule has 1 aromatic heterocycles. The zero-order valence-electron chi connectivity index (χ0n) is 9.33. The van der Waals surface area contributed by atoms with Gasteiger partial charge in [0.1, 0.15) is 10.3 Å². The fraction of sp³-hybridized carbons (Fsp3) is 0.250. The highest BCUT2D eigenvalue weighted by Crippen LogP contribution is 2.29. The molecule has 2 aromatic rings. The minimum Gasteiger partial charge on any atom is -0.480 e. The SMILES string of the molecule is CCC(Sc1nncc2ccccc12)C(=O)O. The average Bonchev–Trinajstić information content (AvgIpc) is 2.35. The number of nitrogens with zero attached hydrogens (tertiary/aromatic N) is 2. The second kappa shape index (κ2) is 5.14. The molecule has 17 heavy (non-hydrogen) atoms. The predicted molar refractivity (Wildman–Crippen MR) is 67.1 cm³/mol. The van der Waals surface area contributed by atoms with Gasteiger partial charge in [0.05, 0.1) is 6.20 Å². The van der Waals surface area contributed by atoms with E-state index in [-0.39, 0.29) is 0 Å². The van der Waals surface area contributed by atoms with Crippen LogP contribution in [0.2, 0.25) is 0 Å². The van der Waals surface area contributed by atoms with Gasteiger partial charge < -0.3 is 5.11 Å². The van der Waals surface area contributed by atoms with Crippen molar-refractivity contribution >= 4 is 28.5 Å². The first-order chi connectivity index (χ1) is 8.22. The van der Waals surface area contributed by atoms with E-state index in [1.807, 2.05) is 31.2 Å². The van der Waals surface area contributed by atoms with Gasteiger partial charge in [0.2, 0.25) is 0 Å². The monoisotopic (exact) mass is 248 g/mol. The van der Waals surface area contributed by atoms with Crippen LogP contribution in [-0.4, -0.2) is 26.5 Å². The molecule has 0 spiro atoms. The van der Waals surface area contributed by atoms with E-state index in [2.05, 4.69) is 10.2 Å². The van der Waals surface area contributed by atoms with E-state index in [1.54, 1.807) is 6.20 Å². The van der Waals surface area contributed by atoms with E-state index >= 15 is 0 Å². The van der Waals surface area contributed by atoms with Crippen molar-refractivity contribution in [2.45, 2.75) is 23.6 Å². The first-order valence-corrected chi connectivity index (χ1v) is 6.20. The Morgan fingerprint density at radius 1 is 1.47 bits per heavy atom. The van der Waals surface area contributed by atoms with E-state index in [9.17, 15) is 4.79 Å². The molecule has 0 bridgehead atoms. The Hall–Kier alpha value is -1.62. The fourth-order valence-corrected chi connectivity index (χ4v) is 2.48. The highest BCUT2D eigenvalue weighted by atomic mass is 32.2. The van der Waals surface area contributed by atoms with Gasteiger partial charge in [0.25, 0.3) is 0 Å². The lowest BCUT2D eigenvalue weighted by Gasteiger charge is -2.09. The summed E-state index contributed by atoms with van der Waals surface area (Å²) in [5, 5.41) is 19.1. The van der Waals surface area contributed by atoms with Gasteiger partial charge in [-0.2, -0.15) is 5.10 Å². The first-order valence-electron chi connectivity index (χ1n) is 5.32. The Morgan fingerprint density at radius 2 is 2.24 bits per heavy atom. The number of carboxylic acids is 1. The van der Waals surface area contributed by atoms with Crippen molar-refractivity contribution in [3.63, 3.8) is 0 Å². The van der Waals surface area contributed by atoms with Crippen LogP contribution in [0.25, 0.3) is 10.8 Å². The average molecular weight is 248 g/mol. The van der Waals surface area contributed by atoms with Crippen molar-refractivity contribution < 1.29 is 9.90 Å². The van der Waals surface area contributed by atoms with Crippen molar-refractivity contribution in [1.82, 2.24) is 10.2 Å². The van der Waals surface area contributed by atoms with Gasteiger partial charge in [-0.15, -0.1) is 5.10 Å². The third kappa shape index (κ3) is 2.55. The number of hydrogen-bond donors (Lipinski definition) is 1. The second-order valence-corrected chi connectivity index (χ2v) is 4.78. The van der Waals surface area contributed by atoms with Crippen LogP contribution in [0, 0.1) is 0 Å². The van der Waals surface area contributed by atoms with Crippen molar-refractivity contribution in [3.05, 3.63) is 30.5 Å². The Bertz CT molecular complexity index is 540. The third-order valence-corrected chi connectivity index (χ3v) is 3.78. The number of aliphatic carboxylic acids is 1. The number of hydrogen-bond acceptors (Lipinski definition) is 4. The van der Waals surface area contributed by atoms with E-state index in [4.69, 9.17) is 5.11 Å². The molecule has 2 rings (SSSR count). The molecular formula is C12H12N2O2S. The van der Waals surface area contributed by atoms with Crippen molar-refractivity contribution in [2.24, 2.45) is 0 Å². The maximum absolute atomic E-state index is 11.0. The summed E-state index contributed by atoms with van der Waals surface area (Å²) in [6.45, 7) is 1.85. The molecule has 0 aliphatic heterocycles. The van der Waals surface area contributed by atoms with Crippen LogP contribution in [0.5, 0.6) is 0 Å². The summed E-state index contributed by atoms with van der Waals surface area (Å²) in [6, 6.07) is 7.71. The Kier molecular flexibility index (Phi) is 3.58. The van der Waals surface area contributed by atoms with Gasteiger partial charge in [-0.1, -0.05) is 43.0 Å². The Labute approximate surface area is 103 Å². The first kappa shape index (κ1) is 11.9. The number of carbonyl (C=O) groups is 1. The molecule has 1 N–H and O–H groups in total. The van der Waals surface area contributed by atoms with Gasteiger partial charge in [0, 0.05) is 10.8 Å². The molecular weight excluding hydrogens is 236 g/mol. The van der Waals surface area contributed by atoms with Gasteiger partial charge in [-0.3, -0.25) is 4.79 Å². The van der Waals surface area contributed by atoms with Crippen LogP contribution in [0.1, 0.15) is 13.3 Å². The Balaban J connectivity index is 2.38. The highest BCUT2D eigenvalue weighted by Gasteiger charge is 2.18. The molecule has 0 amide bonds. The van der Waals surface area contributed by atoms with Crippen molar-refractivity contribution in [1.29, 1.82) is 0 Å². The van der Waals surface area contributed by atoms with Crippen LogP contribution >= 0.6 is 11.8 Å². The molecule has 1 unspecified atom stereocenters. The highest BCUT2D eigenvalue weighted by molar-refractivity contribution is 8.00. The van der Waals surface area contributed by atoms with Crippen molar-refractivity contribution in [2.75, 3.05) is 0 Å². The second-order valence-electron chi connectivity index (χ2n) is 3.59. The molecule has 0 saturated heterocycles. The summed E-state index contributed by atoms with van der Waals surface area (Å²) in [7, 11) is 0. The van der Waals surface area contributed by atoms with Gasteiger partial charge in [-0.05, 0) is 6.42 Å². The minimum absolute atomic E-state index is 0.477. The number of aromatic nitrogens is 2. The molecule has 0 saturated carbocycles. The predicted octanol–water partition coefficient (Wildman–Crippen LogP) is 2.59. The lowest BCUT2D eigenvalue weighted by molar-refractivity contribution is -0.136. The van der Waals surface area contributed by atoms with Crippen LogP contribution in [0.3, 0.4) is 0 Å². The molecule has 1 atom stereocenters. The molecule has 0 aliphatic rings. The molecule has 0 aliphatic carbocycles. The zero-order valence-corrected chi connectivity index (χ0v) is 10.1. The van der Waals surface area contributed by atoms with E-state index in [1.165, 1.54) is 11.8 Å². The largest absolute Gasteiger partial charge is 0.480 e. The number of rotatable bonds is 4. The van der Waals surface area contributed by atoms with Crippen LogP contribution < -0.4 is 0 Å².